The summed E-state index contributed by atoms with van der Waals surface area (Å²) in [6, 6.07) is 21.3. The average Bonchev–Trinajstić information content (AvgIpc) is 2.84. The lowest BCUT2D eigenvalue weighted by Crippen LogP contribution is -2.42. The van der Waals surface area contributed by atoms with E-state index >= 15 is 0 Å². The number of anilines is 1. The maximum absolute atomic E-state index is 12.7. The van der Waals surface area contributed by atoms with Crippen molar-refractivity contribution in [2.24, 2.45) is 0 Å². The van der Waals surface area contributed by atoms with E-state index in [1.54, 1.807) is 12.1 Å². The highest BCUT2D eigenvalue weighted by Crippen LogP contribution is 2.27. The molecular formula is C25H26N2O6S. The molecule has 1 amide bonds. The van der Waals surface area contributed by atoms with Crippen molar-refractivity contribution in [3.8, 4) is 16.9 Å². The molecule has 0 aliphatic rings. The molecule has 0 aromatic heterocycles. The number of rotatable bonds is 9. The van der Waals surface area contributed by atoms with Gasteiger partial charge in [-0.2, -0.15) is 4.72 Å². The van der Waals surface area contributed by atoms with Crippen LogP contribution in [0.2, 0.25) is 0 Å². The van der Waals surface area contributed by atoms with Crippen LogP contribution in [0.4, 0.5) is 5.69 Å². The number of nitrogens with one attached hydrogen (secondary N) is 2. The number of carbonyl (C=O) groups excluding carboxylic acids is 2. The molecular weight excluding hydrogens is 456 g/mol. The largest absolute Gasteiger partial charge is 0.497 e. The summed E-state index contributed by atoms with van der Waals surface area (Å²) in [4.78, 5) is 25.1. The maximum Gasteiger partial charge on any atom is 0.324 e. The van der Waals surface area contributed by atoms with Gasteiger partial charge in [-0.05, 0) is 49.7 Å². The summed E-state index contributed by atoms with van der Waals surface area (Å²) < 4.78 is 37.6. The molecule has 1 unspecified atom stereocenters. The number of carbonyl (C=O) groups is 2. The Hall–Kier alpha value is -3.69. The molecule has 3 aromatic rings. The van der Waals surface area contributed by atoms with Crippen molar-refractivity contribution in [3.05, 3.63) is 78.9 Å². The molecule has 178 valence electrons. The van der Waals surface area contributed by atoms with E-state index in [1.165, 1.54) is 45.2 Å². The van der Waals surface area contributed by atoms with Crippen LogP contribution in [0.3, 0.4) is 0 Å². The van der Waals surface area contributed by atoms with E-state index in [1.807, 2.05) is 42.5 Å². The smallest absolute Gasteiger partial charge is 0.324 e. The Morgan fingerprint density at radius 2 is 1.47 bits per heavy atom. The first-order valence-electron chi connectivity index (χ1n) is 10.5. The monoisotopic (exact) mass is 482 g/mol. The minimum atomic E-state index is -3.98. The topological polar surface area (TPSA) is 111 Å². The number of benzene rings is 3. The van der Waals surface area contributed by atoms with Crippen LogP contribution >= 0.6 is 0 Å². The van der Waals surface area contributed by atoms with Gasteiger partial charge in [0.15, 0.2) is 6.10 Å². The third-order valence-electron chi connectivity index (χ3n) is 4.99. The van der Waals surface area contributed by atoms with Crippen LogP contribution in [0, 0.1) is 0 Å². The second-order valence-corrected chi connectivity index (χ2v) is 9.21. The van der Waals surface area contributed by atoms with Crippen molar-refractivity contribution in [2.45, 2.75) is 30.9 Å². The number of esters is 1. The minimum Gasteiger partial charge on any atom is -0.497 e. The van der Waals surface area contributed by atoms with Gasteiger partial charge < -0.3 is 14.8 Å². The molecule has 3 aromatic carbocycles. The van der Waals surface area contributed by atoms with E-state index in [4.69, 9.17) is 9.47 Å². The Labute approximate surface area is 199 Å². The average molecular weight is 483 g/mol. The minimum absolute atomic E-state index is 0.0312. The fraction of sp³-hybridized carbons (Fsp3) is 0.200. The normalized spacial score (nSPS) is 12.9. The van der Waals surface area contributed by atoms with Crippen molar-refractivity contribution in [2.75, 3.05) is 12.4 Å². The van der Waals surface area contributed by atoms with Crippen molar-refractivity contribution in [3.63, 3.8) is 0 Å². The number of amides is 1. The fourth-order valence-corrected chi connectivity index (χ4v) is 4.32. The molecule has 2 N–H and O–H groups in total. The van der Waals surface area contributed by atoms with Crippen LogP contribution in [-0.4, -0.2) is 39.5 Å². The summed E-state index contributed by atoms with van der Waals surface area (Å²) in [6.07, 6.45) is -1.15. The highest BCUT2D eigenvalue weighted by atomic mass is 32.2. The lowest BCUT2D eigenvalue weighted by molar-refractivity contribution is -0.154. The SMILES string of the molecule is COc1ccc(S(=O)(=O)N[C@@H](C)C(=O)OC(C)C(=O)Nc2ccccc2-c2ccccc2)cc1. The third-order valence-corrected chi connectivity index (χ3v) is 6.54. The van der Waals surface area contributed by atoms with Crippen molar-refractivity contribution >= 4 is 27.6 Å². The van der Waals surface area contributed by atoms with E-state index in [-0.39, 0.29) is 4.90 Å². The number of hydrogen-bond donors (Lipinski definition) is 2. The van der Waals surface area contributed by atoms with Gasteiger partial charge in [0.2, 0.25) is 10.0 Å². The number of hydrogen-bond acceptors (Lipinski definition) is 6. The highest BCUT2D eigenvalue weighted by Gasteiger charge is 2.26. The van der Waals surface area contributed by atoms with Gasteiger partial charge in [-0.1, -0.05) is 48.5 Å². The van der Waals surface area contributed by atoms with Gasteiger partial charge in [0, 0.05) is 11.3 Å². The molecule has 0 aliphatic heterocycles. The molecule has 0 saturated carbocycles. The van der Waals surface area contributed by atoms with Crippen LogP contribution in [0.5, 0.6) is 5.75 Å². The van der Waals surface area contributed by atoms with Crippen LogP contribution < -0.4 is 14.8 Å². The summed E-state index contributed by atoms with van der Waals surface area (Å²) >= 11 is 0. The molecule has 0 saturated heterocycles. The Morgan fingerprint density at radius 3 is 2.12 bits per heavy atom. The van der Waals surface area contributed by atoms with Gasteiger partial charge in [-0.15, -0.1) is 0 Å². The Morgan fingerprint density at radius 1 is 0.853 bits per heavy atom. The van der Waals surface area contributed by atoms with Gasteiger partial charge in [0.1, 0.15) is 11.8 Å². The van der Waals surface area contributed by atoms with Crippen molar-refractivity contribution < 1.29 is 27.5 Å². The molecule has 0 radical (unpaired) electrons. The maximum atomic E-state index is 12.7. The summed E-state index contributed by atoms with van der Waals surface area (Å²) in [5.41, 5.74) is 2.30. The Balaban J connectivity index is 1.62. The summed E-state index contributed by atoms with van der Waals surface area (Å²) in [5, 5.41) is 2.77. The fourth-order valence-electron chi connectivity index (χ4n) is 3.13. The summed E-state index contributed by atoms with van der Waals surface area (Å²) in [7, 11) is -2.51. The zero-order valence-corrected chi connectivity index (χ0v) is 19.8. The predicted molar refractivity (Wildman–Crippen MR) is 129 cm³/mol. The number of sulfonamides is 1. The number of methoxy groups -OCH3 is 1. The summed E-state index contributed by atoms with van der Waals surface area (Å²) in [6.45, 7) is 2.77. The Kier molecular flexibility index (Phi) is 8.04. The van der Waals surface area contributed by atoms with Gasteiger partial charge in [0.05, 0.1) is 12.0 Å². The van der Waals surface area contributed by atoms with Gasteiger partial charge in [0.25, 0.3) is 5.91 Å². The molecule has 0 aliphatic carbocycles. The number of para-hydroxylation sites is 1. The molecule has 0 heterocycles. The van der Waals surface area contributed by atoms with E-state index in [0.717, 1.165) is 11.1 Å². The molecule has 0 bridgehead atoms. The van der Waals surface area contributed by atoms with Gasteiger partial charge in [-0.25, -0.2) is 8.42 Å². The second kappa shape index (κ2) is 11.0. The zero-order chi connectivity index (χ0) is 24.7. The van der Waals surface area contributed by atoms with Gasteiger partial charge >= 0.3 is 5.97 Å². The molecule has 9 heteroatoms. The molecule has 2 atom stereocenters. The molecule has 0 fully saturated rings. The van der Waals surface area contributed by atoms with Crippen LogP contribution in [-0.2, 0) is 24.3 Å². The molecule has 3 rings (SSSR count). The van der Waals surface area contributed by atoms with Crippen molar-refractivity contribution in [1.82, 2.24) is 4.72 Å². The Bertz CT molecular complexity index is 1240. The van der Waals surface area contributed by atoms with E-state index < -0.39 is 34.0 Å². The van der Waals surface area contributed by atoms with E-state index in [2.05, 4.69) is 10.0 Å². The summed E-state index contributed by atoms with van der Waals surface area (Å²) in [5.74, 6) is -0.918. The highest BCUT2D eigenvalue weighted by molar-refractivity contribution is 7.89. The predicted octanol–water partition coefficient (Wildman–Crippen LogP) is 3.60. The second-order valence-electron chi connectivity index (χ2n) is 7.50. The first-order chi connectivity index (χ1) is 16.2. The molecule has 8 nitrogen and oxygen atoms in total. The van der Waals surface area contributed by atoms with E-state index in [9.17, 15) is 18.0 Å². The standard InChI is InChI=1S/C25H26N2O6S/c1-17(27-34(30,31)21-15-13-20(32-3)14-16-21)25(29)33-18(2)24(28)26-23-12-8-7-11-22(23)19-9-5-4-6-10-19/h4-18,27H,1-3H3,(H,26,28)/t17-,18?/m0/s1. The first kappa shape index (κ1) is 24.9. The van der Waals surface area contributed by atoms with Crippen LogP contribution in [0.25, 0.3) is 11.1 Å². The zero-order valence-electron chi connectivity index (χ0n) is 19.0. The van der Waals surface area contributed by atoms with Gasteiger partial charge in [-0.3, -0.25) is 9.59 Å². The third kappa shape index (κ3) is 6.21. The quantitative estimate of drug-likeness (QED) is 0.451. The molecule has 34 heavy (non-hydrogen) atoms. The lowest BCUT2D eigenvalue weighted by atomic mass is 10.0. The van der Waals surface area contributed by atoms with E-state index in [0.29, 0.717) is 11.4 Å². The van der Waals surface area contributed by atoms with Crippen LogP contribution in [0.15, 0.2) is 83.8 Å². The van der Waals surface area contributed by atoms with Crippen LogP contribution in [0.1, 0.15) is 13.8 Å². The first-order valence-corrected chi connectivity index (χ1v) is 12.0. The lowest BCUT2D eigenvalue weighted by Gasteiger charge is -2.18. The van der Waals surface area contributed by atoms with Crippen molar-refractivity contribution in [1.29, 1.82) is 0 Å². The molecule has 0 spiro atoms. The number of ether oxygens (including phenoxy) is 2.